The van der Waals surface area contributed by atoms with Gasteiger partial charge in [-0.1, -0.05) is 19.3 Å². The Balaban J connectivity index is 2.23. The number of nitrogens with two attached hydrogens (primary N) is 1. The molecule has 1 aliphatic rings. The zero-order valence-corrected chi connectivity index (χ0v) is 12.1. The van der Waals surface area contributed by atoms with Crippen molar-refractivity contribution in [1.29, 1.82) is 0 Å². The summed E-state index contributed by atoms with van der Waals surface area (Å²) in [6.45, 7) is 1.85. The number of aliphatic imine (C=N–C) groups is 1. The Labute approximate surface area is 116 Å². The number of nitrogens with zero attached hydrogens (tertiary/aromatic N) is 1. The average Bonchev–Trinajstić information content (AvgIpc) is 2.37. The standard InChI is InChI=1S/C14H18BrFN2/c1-9-7-12(16)11(15)8-13(9)18-14(17)10-5-3-2-4-6-10/h7-8,10H,2-6H2,1H3,(H2,17,18). The number of rotatable bonds is 2. The van der Waals surface area contributed by atoms with E-state index in [9.17, 15) is 4.39 Å². The van der Waals surface area contributed by atoms with Crippen LogP contribution in [0.2, 0.25) is 0 Å². The van der Waals surface area contributed by atoms with Crippen molar-refractivity contribution in [2.45, 2.75) is 39.0 Å². The topological polar surface area (TPSA) is 38.4 Å². The van der Waals surface area contributed by atoms with E-state index in [4.69, 9.17) is 5.73 Å². The lowest BCUT2D eigenvalue weighted by Crippen LogP contribution is -2.25. The summed E-state index contributed by atoms with van der Waals surface area (Å²) in [5, 5.41) is 0. The molecule has 2 rings (SSSR count). The van der Waals surface area contributed by atoms with Crippen LogP contribution in [0.1, 0.15) is 37.7 Å². The number of benzene rings is 1. The van der Waals surface area contributed by atoms with Gasteiger partial charge in [0.25, 0.3) is 0 Å². The predicted octanol–water partition coefficient (Wildman–Crippen LogP) is 4.47. The Hall–Kier alpha value is -0.900. The maximum Gasteiger partial charge on any atom is 0.137 e. The molecule has 4 heteroatoms. The van der Waals surface area contributed by atoms with Gasteiger partial charge in [-0.25, -0.2) is 9.38 Å². The molecule has 0 spiro atoms. The molecule has 0 unspecified atom stereocenters. The third-order valence-corrected chi connectivity index (χ3v) is 4.12. The van der Waals surface area contributed by atoms with Gasteiger partial charge in [0.05, 0.1) is 10.2 Å². The fourth-order valence-corrected chi connectivity index (χ4v) is 2.72. The number of halogens is 2. The van der Waals surface area contributed by atoms with Crippen molar-refractivity contribution in [3.05, 3.63) is 28.0 Å². The van der Waals surface area contributed by atoms with E-state index < -0.39 is 0 Å². The van der Waals surface area contributed by atoms with Crippen LogP contribution in [0.15, 0.2) is 21.6 Å². The molecule has 1 aromatic carbocycles. The highest BCUT2D eigenvalue weighted by atomic mass is 79.9. The Morgan fingerprint density at radius 1 is 1.33 bits per heavy atom. The molecule has 2 N–H and O–H groups in total. The molecule has 2 nitrogen and oxygen atoms in total. The van der Waals surface area contributed by atoms with E-state index in [-0.39, 0.29) is 5.82 Å². The molecule has 1 fully saturated rings. The average molecular weight is 313 g/mol. The van der Waals surface area contributed by atoms with Crippen LogP contribution in [0, 0.1) is 18.7 Å². The Morgan fingerprint density at radius 2 is 2.00 bits per heavy atom. The minimum Gasteiger partial charge on any atom is -0.387 e. The van der Waals surface area contributed by atoms with Gasteiger partial charge in [0, 0.05) is 5.92 Å². The second kappa shape index (κ2) is 5.83. The molecular formula is C14H18BrFN2. The van der Waals surface area contributed by atoms with Gasteiger partial charge in [0.1, 0.15) is 11.7 Å². The minimum absolute atomic E-state index is 0.261. The summed E-state index contributed by atoms with van der Waals surface area (Å²) < 4.78 is 13.8. The number of hydrogen-bond acceptors (Lipinski definition) is 1. The Bertz CT molecular complexity index is 465. The first kappa shape index (κ1) is 13.5. The molecule has 18 heavy (non-hydrogen) atoms. The SMILES string of the molecule is Cc1cc(F)c(Br)cc1N=C(N)C1CCCCC1. The van der Waals surface area contributed by atoms with Crippen molar-refractivity contribution in [1.82, 2.24) is 0 Å². The van der Waals surface area contributed by atoms with Gasteiger partial charge < -0.3 is 5.73 Å². The molecule has 0 atom stereocenters. The van der Waals surface area contributed by atoms with E-state index >= 15 is 0 Å². The van der Waals surface area contributed by atoms with Crippen molar-refractivity contribution in [3.63, 3.8) is 0 Å². The first-order chi connectivity index (χ1) is 8.58. The highest BCUT2D eigenvalue weighted by molar-refractivity contribution is 9.10. The second-order valence-electron chi connectivity index (χ2n) is 4.92. The third kappa shape index (κ3) is 3.10. The molecule has 0 aliphatic heterocycles. The van der Waals surface area contributed by atoms with Crippen LogP contribution in [-0.4, -0.2) is 5.84 Å². The van der Waals surface area contributed by atoms with Crippen LogP contribution in [0.25, 0.3) is 0 Å². The molecule has 0 amide bonds. The van der Waals surface area contributed by atoms with E-state index in [0.29, 0.717) is 16.2 Å². The summed E-state index contributed by atoms with van der Waals surface area (Å²) in [7, 11) is 0. The van der Waals surface area contributed by atoms with Crippen LogP contribution < -0.4 is 5.73 Å². The molecule has 1 saturated carbocycles. The van der Waals surface area contributed by atoms with E-state index in [2.05, 4.69) is 20.9 Å². The van der Waals surface area contributed by atoms with Crippen LogP contribution >= 0.6 is 15.9 Å². The highest BCUT2D eigenvalue weighted by Gasteiger charge is 2.17. The highest BCUT2D eigenvalue weighted by Crippen LogP contribution is 2.29. The van der Waals surface area contributed by atoms with Crippen molar-refractivity contribution in [2.75, 3.05) is 0 Å². The molecule has 0 aromatic heterocycles. The van der Waals surface area contributed by atoms with Crippen molar-refractivity contribution < 1.29 is 4.39 Å². The molecule has 0 bridgehead atoms. The van der Waals surface area contributed by atoms with Gasteiger partial charge in [-0.05, 0) is 53.4 Å². The molecule has 0 saturated heterocycles. The lowest BCUT2D eigenvalue weighted by molar-refractivity contribution is 0.437. The molecule has 0 heterocycles. The summed E-state index contributed by atoms with van der Waals surface area (Å²) in [5.41, 5.74) is 7.65. The summed E-state index contributed by atoms with van der Waals surface area (Å²) in [4.78, 5) is 4.48. The Kier molecular flexibility index (Phi) is 4.38. The molecule has 1 aromatic rings. The lowest BCUT2D eigenvalue weighted by atomic mass is 9.88. The van der Waals surface area contributed by atoms with E-state index in [0.717, 1.165) is 24.1 Å². The van der Waals surface area contributed by atoms with Gasteiger partial charge in [-0.2, -0.15) is 0 Å². The first-order valence-corrected chi connectivity index (χ1v) is 7.17. The largest absolute Gasteiger partial charge is 0.387 e. The van der Waals surface area contributed by atoms with Gasteiger partial charge in [0.2, 0.25) is 0 Å². The van der Waals surface area contributed by atoms with Gasteiger partial charge in [0.15, 0.2) is 0 Å². The molecular weight excluding hydrogens is 295 g/mol. The number of aryl methyl sites for hydroxylation is 1. The minimum atomic E-state index is -0.261. The van der Waals surface area contributed by atoms with Crippen LogP contribution in [0.5, 0.6) is 0 Å². The summed E-state index contributed by atoms with van der Waals surface area (Å²) in [6.07, 6.45) is 6.00. The molecule has 98 valence electrons. The van der Waals surface area contributed by atoms with E-state index in [1.807, 2.05) is 6.92 Å². The normalized spacial score (nSPS) is 18.1. The number of amidine groups is 1. The van der Waals surface area contributed by atoms with Crippen molar-refractivity contribution in [3.8, 4) is 0 Å². The molecule has 0 radical (unpaired) electrons. The number of hydrogen-bond donors (Lipinski definition) is 1. The van der Waals surface area contributed by atoms with Crippen molar-refractivity contribution in [2.24, 2.45) is 16.6 Å². The van der Waals surface area contributed by atoms with Crippen molar-refractivity contribution >= 4 is 27.5 Å². The zero-order valence-electron chi connectivity index (χ0n) is 10.5. The quantitative estimate of drug-likeness (QED) is 0.635. The summed E-state index contributed by atoms with van der Waals surface area (Å²) in [5.74, 6) is 0.820. The monoisotopic (exact) mass is 312 g/mol. The van der Waals surface area contributed by atoms with Crippen LogP contribution in [0.3, 0.4) is 0 Å². The predicted molar refractivity (Wildman–Crippen MR) is 76.7 cm³/mol. The first-order valence-electron chi connectivity index (χ1n) is 6.37. The lowest BCUT2D eigenvalue weighted by Gasteiger charge is -2.21. The zero-order chi connectivity index (χ0) is 13.1. The third-order valence-electron chi connectivity index (χ3n) is 3.51. The maximum absolute atomic E-state index is 13.3. The summed E-state index contributed by atoms with van der Waals surface area (Å²) in [6, 6.07) is 3.18. The smallest absolute Gasteiger partial charge is 0.137 e. The van der Waals surface area contributed by atoms with Gasteiger partial charge >= 0.3 is 0 Å². The summed E-state index contributed by atoms with van der Waals surface area (Å²) >= 11 is 3.18. The van der Waals surface area contributed by atoms with Gasteiger partial charge in [-0.3, -0.25) is 0 Å². The van der Waals surface area contributed by atoms with E-state index in [1.165, 1.54) is 25.3 Å². The molecule has 1 aliphatic carbocycles. The fraction of sp³-hybridized carbons (Fsp3) is 0.500. The van der Waals surface area contributed by atoms with Crippen LogP contribution in [0.4, 0.5) is 10.1 Å². The van der Waals surface area contributed by atoms with E-state index in [1.54, 1.807) is 6.07 Å². The van der Waals surface area contributed by atoms with Gasteiger partial charge in [-0.15, -0.1) is 0 Å². The van der Waals surface area contributed by atoms with Crippen LogP contribution in [-0.2, 0) is 0 Å². The second-order valence-corrected chi connectivity index (χ2v) is 5.78. The fourth-order valence-electron chi connectivity index (χ4n) is 2.38. The Morgan fingerprint density at radius 3 is 2.67 bits per heavy atom. The maximum atomic E-state index is 13.3.